The molecule has 0 saturated carbocycles. The van der Waals surface area contributed by atoms with Crippen LogP contribution in [0.15, 0.2) is 47.4 Å². The van der Waals surface area contributed by atoms with Crippen LogP contribution < -0.4 is 0 Å². The molecule has 0 aliphatic carbocycles. The number of sulfonamides is 1. The molecule has 0 unspecified atom stereocenters. The van der Waals surface area contributed by atoms with Crippen LogP contribution >= 0.6 is 11.6 Å². The van der Waals surface area contributed by atoms with Crippen LogP contribution in [0.2, 0.25) is 0 Å². The second-order valence-corrected chi connectivity index (χ2v) is 7.12. The number of hydrogen-bond donors (Lipinski definition) is 0. The van der Waals surface area contributed by atoms with Crippen LogP contribution in [0.4, 0.5) is 0 Å². The van der Waals surface area contributed by atoms with Gasteiger partial charge in [0.2, 0.25) is 10.0 Å². The van der Waals surface area contributed by atoms with Crippen molar-refractivity contribution in [3.63, 3.8) is 0 Å². The summed E-state index contributed by atoms with van der Waals surface area (Å²) in [5.41, 5.74) is 2.47. The fourth-order valence-corrected chi connectivity index (χ4v) is 3.25. The van der Waals surface area contributed by atoms with Crippen molar-refractivity contribution in [3.8, 4) is 0 Å². The molecule has 4 nitrogen and oxygen atoms in total. The minimum absolute atomic E-state index is 0.237. The Hall–Kier alpha value is -1.43. The van der Waals surface area contributed by atoms with Gasteiger partial charge in [0.15, 0.2) is 0 Å². The molecule has 0 aliphatic rings. The van der Waals surface area contributed by atoms with Crippen LogP contribution in [0.3, 0.4) is 0 Å². The molecule has 21 heavy (non-hydrogen) atoms. The van der Waals surface area contributed by atoms with E-state index in [-0.39, 0.29) is 11.4 Å². The van der Waals surface area contributed by atoms with E-state index in [2.05, 4.69) is 4.98 Å². The van der Waals surface area contributed by atoms with Gasteiger partial charge >= 0.3 is 0 Å². The molecular formula is C15H17ClN2O2S. The normalized spacial score (nSPS) is 11.8. The summed E-state index contributed by atoms with van der Waals surface area (Å²) in [5.74, 6) is 0.364. The van der Waals surface area contributed by atoms with Crippen LogP contribution in [0, 0.1) is 6.92 Å². The van der Waals surface area contributed by atoms with Gasteiger partial charge in [0.05, 0.1) is 17.1 Å². The third-order valence-electron chi connectivity index (χ3n) is 3.12. The number of hydrogen-bond acceptors (Lipinski definition) is 3. The molecule has 1 aromatic carbocycles. The molecule has 2 aromatic rings. The van der Waals surface area contributed by atoms with Gasteiger partial charge in [0.1, 0.15) is 0 Å². The summed E-state index contributed by atoms with van der Waals surface area (Å²) in [4.78, 5) is 4.58. The van der Waals surface area contributed by atoms with E-state index < -0.39 is 10.0 Å². The Bertz CT molecular complexity index is 715. The maximum Gasteiger partial charge on any atom is 0.243 e. The smallest absolute Gasteiger partial charge is 0.243 e. The average molecular weight is 325 g/mol. The predicted molar refractivity (Wildman–Crippen MR) is 83.6 cm³/mol. The number of rotatable bonds is 5. The molecule has 0 radical (unpaired) electrons. The van der Waals surface area contributed by atoms with E-state index in [1.54, 1.807) is 31.3 Å². The largest absolute Gasteiger partial charge is 0.257 e. The molecule has 0 N–H and O–H groups in total. The number of benzene rings is 1. The molecule has 0 fully saturated rings. The zero-order valence-corrected chi connectivity index (χ0v) is 13.5. The fraction of sp³-hybridized carbons (Fsp3) is 0.267. The average Bonchev–Trinajstić information content (AvgIpc) is 2.47. The maximum absolute atomic E-state index is 12.5. The Balaban J connectivity index is 2.21. The molecule has 0 bridgehead atoms. The van der Waals surface area contributed by atoms with Crippen molar-refractivity contribution in [1.29, 1.82) is 0 Å². The van der Waals surface area contributed by atoms with Crippen molar-refractivity contribution in [2.24, 2.45) is 0 Å². The number of aromatic nitrogens is 1. The second-order valence-electron chi connectivity index (χ2n) is 4.81. The van der Waals surface area contributed by atoms with Crippen LogP contribution in [-0.4, -0.2) is 24.8 Å². The van der Waals surface area contributed by atoms with Crippen molar-refractivity contribution < 1.29 is 8.42 Å². The van der Waals surface area contributed by atoms with E-state index >= 15 is 0 Å². The van der Waals surface area contributed by atoms with Crippen molar-refractivity contribution in [1.82, 2.24) is 9.29 Å². The number of aryl methyl sites for hydroxylation is 1. The molecule has 0 atom stereocenters. The molecule has 1 heterocycles. The van der Waals surface area contributed by atoms with Crippen LogP contribution in [-0.2, 0) is 22.4 Å². The molecule has 1 aromatic heterocycles. The molecule has 112 valence electrons. The molecule has 2 rings (SSSR count). The predicted octanol–water partition coefficient (Wildman–Crippen LogP) is 2.95. The molecule has 0 amide bonds. The standard InChI is InChI=1S/C15H17ClN2O2S/c1-12-4-3-5-14(17-12)11-18(2)21(19,20)15-8-6-13(10-16)7-9-15/h3-9H,10-11H2,1-2H3. The summed E-state index contributed by atoms with van der Waals surface area (Å²) in [7, 11) is -1.97. The van der Waals surface area contributed by atoms with E-state index in [1.165, 1.54) is 4.31 Å². The lowest BCUT2D eigenvalue weighted by atomic mass is 10.2. The van der Waals surface area contributed by atoms with Gasteiger partial charge in [-0.1, -0.05) is 18.2 Å². The Morgan fingerprint density at radius 3 is 2.38 bits per heavy atom. The molecule has 6 heteroatoms. The van der Waals surface area contributed by atoms with Crippen molar-refractivity contribution in [3.05, 3.63) is 59.4 Å². The highest BCUT2D eigenvalue weighted by atomic mass is 35.5. The Labute approximate surface area is 130 Å². The third kappa shape index (κ3) is 3.81. The highest BCUT2D eigenvalue weighted by Gasteiger charge is 2.21. The summed E-state index contributed by atoms with van der Waals surface area (Å²) in [6.07, 6.45) is 0. The van der Waals surface area contributed by atoms with E-state index in [4.69, 9.17) is 11.6 Å². The lowest BCUT2D eigenvalue weighted by molar-refractivity contribution is 0.462. The van der Waals surface area contributed by atoms with Crippen molar-refractivity contribution in [2.45, 2.75) is 24.2 Å². The lowest BCUT2D eigenvalue weighted by Gasteiger charge is -2.17. The Kier molecular flexibility index (Phi) is 4.98. The highest BCUT2D eigenvalue weighted by Crippen LogP contribution is 2.17. The van der Waals surface area contributed by atoms with Gasteiger partial charge in [-0.25, -0.2) is 8.42 Å². The van der Waals surface area contributed by atoms with Gasteiger partial charge in [-0.3, -0.25) is 4.98 Å². The van der Waals surface area contributed by atoms with Crippen molar-refractivity contribution >= 4 is 21.6 Å². The third-order valence-corrected chi connectivity index (χ3v) is 5.24. The number of pyridine rings is 1. The zero-order chi connectivity index (χ0) is 15.5. The molecule has 0 spiro atoms. The molecule has 0 saturated heterocycles. The monoisotopic (exact) mass is 324 g/mol. The van der Waals surface area contributed by atoms with Crippen LogP contribution in [0.5, 0.6) is 0 Å². The summed E-state index contributed by atoms with van der Waals surface area (Å²) in [6, 6.07) is 12.2. The molecule has 0 aliphatic heterocycles. The topological polar surface area (TPSA) is 50.3 Å². The van der Waals surface area contributed by atoms with E-state index in [1.807, 2.05) is 25.1 Å². The van der Waals surface area contributed by atoms with E-state index in [9.17, 15) is 8.42 Å². The lowest BCUT2D eigenvalue weighted by Crippen LogP contribution is -2.27. The maximum atomic E-state index is 12.5. The first-order valence-corrected chi connectivity index (χ1v) is 8.45. The zero-order valence-electron chi connectivity index (χ0n) is 12.0. The summed E-state index contributed by atoms with van der Waals surface area (Å²) in [5, 5.41) is 0. The van der Waals surface area contributed by atoms with E-state index in [0.29, 0.717) is 5.88 Å². The number of halogens is 1. The fourth-order valence-electron chi connectivity index (χ4n) is 1.93. The summed E-state index contributed by atoms with van der Waals surface area (Å²) in [6.45, 7) is 2.12. The van der Waals surface area contributed by atoms with Crippen molar-refractivity contribution in [2.75, 3.05) is 7.05 Å². The second kappa shape index (κ2) is 6.56. The Morgan fingerprint density at radius 2 is 1.81 bits per heavy atom. The summed E-state index contributed by atoms with van der Waals surface area (Å²) < 4.78 is 26.3. The van der Waals surface area contributed by atoms with E-state index in [0.717, 1.165) is 17.0 Å². The first-order valence-electron chi connectivity index (χ1n) is 6.47. The van der Waals surface area contributed by atoms with Gasteiger partial charge in [0, 0.05) is 18.6 Å². The first kappa shape index (κ1) is 15.9. The van der Waals surface area contributed by atoms with Crippen LogP contribution in [0.25, 0.3) is 0 Å². The minimum atomic E-state index is -3.52. The quantitative estimate of drug-likeness (QED) is 0.794. The van der Waals surface area contributed by atoms with Gasteiger partial charge in [-0.2, -0.15) is 4.31 Å². The highest BCUT2D eigenvalue weighted by molar-refractivity contribution is 7.89. The van der Waals surface area contributed by atoms with Gasteiger partial charge in [-0.05, 0) is 36.8 Å². The SMILES string of the molecule is Cc1cccc(CN(C)S(=O)(=O)c2ccc(CCl)cc2)n1. The minimum Gasteiger partial charge on any atom is -0.257 e. The number of alkyl halides is 1. The summed E-state index contributed by atoms with van der Waals surface area (Å²) >= 11 is 5.71. The van der Waals surface area contributed by atoms with Gasteiger partial charge in [0.25, 0.3) is 0 Å². The van der Waals surface area contributed by atoms with Crippen LogP contribution in [0.1, 0.15) is 17.0 Å². The number of nitrogens with zero attached hydrogens (tertiary/aromatic N) is 2. The molecular weight excluding hydrogens is 308 g/mol. The first-order chi connectivity index (χ1) is 9.93. The van der Waals surface area contributed by atoms with Gasteiger partial charge in [-0.15, -0.1) is 11.6 Å². The Morgan fingerprint density at radius 1 is 1.14 bits per heavy atom. The van der Waals surface area contributed by atoms with Gasteiger partial charge < -0.3 is 0 Å².